The van der Waals surface area contributed by atoms with Crippen LogP contribution in [0.25, 0.3) is 0 Å². The Bertz CT molecular complexity index is 344. The minimum absolute atomic E-state index is 0.0136. The maximum Gasteiger partial charge on any atom is 0.280 e. The van der Waals surface area contributed by atoms with Crippen LogP contribution in [0.3, 0.4) is 0 Å². The Kier molecular flexibility index (Phi) is 3.53. The Morgan fingerprint density at radius 3 is 2.69 bits per heavy atom. The minimum Gasteiger partial charge on any atom is -0.329 e. The highest BCUT2D eigenvalue weighted by Gasteiger charge is 2.40. The molecule has 5 nitrogen and oxygen atoms in total. The van der Waals surface area contributed by atoms with Gasteiger partial charge in [-0.05, 0) is 25.2 Å². The number of nitrogens with one attached hydrogen (secondary N) is 1. The molecule has 0 aromatic carbocycles. The van der Waals surface area contributed by atoms with Crippen molar-refractivity contribution in [2.24, 2.45) is 11.7 Å². The van der Waals surface area contributed by atoms with E-state index in [0.717, 1.165) is 25.7 Å². The van der Waals surface area contributed by atoms with Gasteiger partial charge in [-0.25, -0.2) is 0 Å². The van der Waals surface area contributed by atoms with Crippen LogP contribution in [-0.4, -0.2) is 37.9 Å². The lowest BCUT2D eigenvalue weighted by Crippen LogP contribution is -2.52. The largest absolute Gasteiger partial charge is 0.329 e. The first-order chi connectivity index (χ1) is 7.54. The zero-order chi connectivity index (χ0) is 11.8. The number of hydrogen-bond donors (Lipinski definition) is 2. The van der Waals surface area contributed by atoms with Gasteiger partial charge in [-0.3, -0.25) is 0 Å². The Morgan fingerprint density at radius 1 is 1.44 bits per heavy atom. The summed E-state index contributed by atoms with van der Waals surface area (Å²) >= 11 is 0. The Morgan fingerprint density at radius 2 is 2.12 bits per heavy atom. The van der Waals surface area contributed by atoms with E-state index in [1.807, 2.05) is 0 Å². The van der Waals surface area contributed by atoms with Crippen LogP contribution in [0, 0.1) is 5.92 Å². The third kappa shape index (κ3) is 2.56. The maximum absolute atomic E-state index is 12.1. The summed E-state index contributed by atoms with van der Waals surface area (Å²) in [4.78, 5) is 0. The predicted molar refractivity (Wildman–Crippen MR) is 63.0 cm³/mol. The highest BCUT2D eigenvalue weighted by atomic mass is 32.2. The van der Waals surface area contributed by atoms with E-state index in [1.54, 1.807) is 4.31 Å². The molecule has 1 aliphatic carbocycles. The molecule has 0 aromatic heterocycles. The summed E-state index contributed by atoms with van der Waals surface area (Å²) in [7, 11) is -3.31. The molecule has 3 unspecified atom stereocenters. The lowest BCUT2D eigenvalue weighted by Gasteiger charge is -2.33. The van der Waals surface area contributed by atoms with Crippen molar-refractivity contribution in [1.82, 2.24) is 9.03 Å². The van der Waals surface area contributed by atoms with Gasteiger partial charge in [0, 0.05) is 25.2 Å². The topological polar surface area (TPSA) is 75.4 Å². The van der Waals surface area contributed by atoms with Crippen molar-refractivity contribution in [3.05, 3.63) is 0 Å². The molecule has 1 saturated heterocycles. The van der Waals surface area contributed by atoms with Crippen molar-refractivity contribution < 1.29 is 8.42 Å². The maximum atomic E-state index is 12.1. The average molecular weight is 247 g/mol. The molecule has 2 aliphatic rings. The first kappa shape index (κ1) is 12.3. The highest BCUT2D eigenvalue weighted by molar-refractivity contribution is 7.87. The molecule has 2 rings (SSSR count). The molecule has 0 amide bonds. The fraction of sp³-hybridized carbons (Fsp3) is 1.00. The van der Waals surface area contributed by atoms with Gasteiger partial charge in [-0.2, -0.15) is 17.4 Å². The average Bonchev–Trinajstić information content (AvgIpc) is 2.93. The zero-order valence-electron chi connectivity index (χ0n) is 9.72. The van der Waals surface area contributed by atoms with Crippen LogP contribution in [0.1, 0.15) is 32.6 Å². The van der Waals surface area contributed by atoms with Crippen LogP contribution in [0.2, 0.25) is 0 Å². The molecule has 0 spiro atoms. The molecule has 0 bridgehead atoms. The van der Waals surface area contributed by atoms with Gasteiger partial charge < -0.3 is 5.73 Å². The van der Waals surface area contributed by atoms with E-state index in [0.29, 0.717) is 19.0 Å². The van der Waals surface area contributed by atoms with Crippen molar-refractivity contribution >= 4 is 10.2 Å². The molecule has 1 saturated carbocycles. The van der Waals surface area contributed by atoms with Crippen LogP contribution in [0.15, 0.2) is 0 Å². The van der Waals surface area contributed by atoms with E-state index < -0.39 is 10.2 Å². The Balaban J connectivity index is 2.02. The van der Waals surface area contributed by atoms with Crippen LogP contribution in [0.4, 0.5) is 0 Å². The number of rotatable bonds is 4. The Hall–Kier alpha value is -0.170. The monoisotopic (exact) mass is 247 g/mol. The van der Waals surface area contributed by atoms with Crippen molar-refractivity contribution in [1.29, 1.82) is 0 Å². The minimum atomic E-state index is -3.31. The van der Waals surface area contributed by atoms with Gasteiger partial charge in [0.1, 0.15) is 0 Å². The van der Waals surface area contributed by atoms with E-state index in [1.165, 1.54) is 0 Å². The highest BCUT2D eigenvalue weighted by Crippen LogP contribution is 2.31. The second kappa shape index (κ2) is 4.60. The van der Waals surface area contributed by atoms with Gasteiger partial charge in [0.05, 0.1) is 0 Å². The molecule has 3 N–H and O–H groups in total. The molecule has 16 heavy (non-hydrogen) atoms. The van der Waals surface area contributed by atoms with Crippen LogP contribution in [-0.2, 0) is 10.2 Å². The summed E-state index contributed by atoms with van der Waals surface area (Å²) < 4.78 is 28.5. The standard InChI is InChI=1S/C10H21N3O2S/c1-8-6-10(8)12-16(14,15)13-5-3-2-4-9(13)7-11/h8-10,12H,2-7,11H2,1H3. The van der Waals surface area contributed by atoms with E-state index in [-0.39, 0.29) is 12.1 Å². The van der Waals surface area contributed by atoms with Gasteiger partial charge in [0.15, 0.2) is 0 Å². The number of nitrogens with zero attached hydrogens (tertiary/aromatic N) is 1. The normalized spacial score (nSPS) is 36.2. The van der Waals surface area contributed by atoms with Gasteiger partial charge in [0.25, 0.3) is 10.2 Å². The molecular weight excluding hydrogens is 226 g/mol. The van der Waals surface area contributed by atoms with Crippen LogP contribution >= 0.6 is 0 Å². The van der Waals surface area contributed by atoms with Crippen LogP contribution in [0.5, 0.6) is 0 Å². The van der Waals surface area contributed by atoms with Gasteiger partial charge in [0.2, 0.25) is 0 Å². The molecule has 1 aliphatic heterocycles. The smallest absolute Gasteiger partial charge is 0.280 e. The molecule has 0 aromatic rings. The SMILES string of the molecule is CC1CC1NS(=O)(=O)N1CCCCC1CN. The fourth-order valence-corrected chi connectivity index (χ4v) is 4.07. The Labute approximate surface area is 97.6 Å². The third-order valence-electron chi connectivity index (χ3n) is 3.56. The van der Waals surface area contributed by atoms with Crippen molar-refractivity contribution in [3.63, 3.8) is 0 Å². The molecule has 3 atom stereocenters. The molecule has 2 fully saturated rings. The van der Waals surface area contributed by atoms with Crippen molar-refractivity contribution in [3.8, 4) is 0 Å². The van der Waals surface area contributed by atoms with Gasteiger partial charge in [-0.1, -0.05) is 13.3 Å². The van der Waals surface area contributed by atoms with Gasteiger partial charge in [-0.15, -0.1) is 0 Å². The molecule has 6 heteroatoms. The lowest BCUT2D eigenvalue weighted by atomic mass is 10.1. The summed E-state index contributed by atoms with van der Waals surface area (Å²) in [5, 5.41) is 0. The summed E-state index contributed by atoms with van der Waals surface area (Å²) in [6, 6.07) is 0.130. The summed E-state index contributed by atoms with van der Waals surface area (Å²) in [5.41, 5.74) is 5.63. The summed E-state index contributed by atoms with van der Waals surface area (Å²) in [6.45, 7) is 3.09. The number of nitrogens with two attached hydrogens (primary N) is 1. The lowest BCUT2D eigenvalue weighted by molar-refractivity contribution is 0.254. The van der Waals surface area contributed by atoms with Crippen molar-refractivity contribution in [2.75, 3.05) is 13.1 Å². The molecular formula is C10H21N3O2S. The molecule has 0 radical (unpaired) electrons. The van der Waals surface area contributed by atoms with E-state index in [9.17, 15) is 8.42 Å². The van der Waals surface area contributed by atoms with E-state index in [4.69, 9.17) is 5.73 Å². The van der Waals surface area contributed by atoms with Crippen molar-refractivity contribution in [2.45, 2.75) is 44.7 Å². The second-order valence-corrected chi connectivity index (χ2v) is 6.59. The fourth-order valence-electron chi connectivity index (χ4n) is 2.27. The predicted octanol–water partition coefficient (Wildman–Crippen LogP) is 0.0424. The first-order valence-corrected chi connectivity index (χ1v) is 7.48. The molecule has 94 valence electrons. The van der Waals surface area contributed by atoms with E-state index >= 15 is 0 Å². The second-order valence-electron chi connectivity index (χ2n) is 4.94. The summed E-state index contributed by atoms with van der Waals surface area (Å²) in [6.07, 6.45) is 3.86. The quantitative estimate of drug-likeness (QED) is 0.736. The zero-order valence-corrected chi connectivity index (χ0v) is 10.5. The third-order valence-corrected chi connectivity index (χ3v) is 5.26. The number of piperidine rings is 1. The molecule has 1 heterocycles. The van der Waals surface area contributed by atoms with Crippen LogP contribution < -0.4 is 10.5 Å². The van der Waals surface area contributed by atoms with Gasteiger partial charge >= 0.3 is 0 Å². The number of hydrogen-bond acceptors (Lipinski definition) is 3. The van der Waals surface area contributed by atoms with E-state index in [2.05, 4.69) is 11.6 Å². The summed E-state index contributed by atoms with van der Waals surface area (Å²) in [5.74, 6) is 0.482. The first-order valence-electron chi connectivity index (χ1n) is 6.04.